The molecule has 0 bridgehead atoms. The molecule has 3 rings (SSSR count). The van der Waals surface area contributed by atoms with Gasteiger partial charge < -0.3 is 0 Å². The van der Waals surface area contributed by atoms with Crippen LogP contribution in [-0.2, 0) is 6.42 Å². The summed E-state index contributed by atoms with van der Waals surface area (Å²) in [6.07, 6.45) is 1.46. The summed E-state index contributed by atoms with van der Waals surface area (Å²) in [6, 6.07) is 13.6. The van der Waals surface area contributed by atoms with Gasteiger partial charge in [-0.15, -0.1) is 0 Å². The van der Waals surface area contributed by atoms with Crippen molar-refractivity contribution in [1.82, 2.24) is 14.6 Å². The average molecular weight is 251 g/mol. The van der Waals surface area contributed by atoms with E-state index in [9.17, 15) is 4.79 Å². The van der Waals surface area contributed by atoms with E-state index in [-0.39, 0.29) is 0 Å². The van der Waals surface area contributed by atoms with Gasteiger partial charge in [-0.2, -0.15) is 5.10 Å². The number of benzene rings is 1. The third kappa shape index (κ3) is 2.12. The third-order valence-electron chi connectivity index (χ3n) is 3.16. The van der Waals surface area contributed by atoms with Gasteiger partial charge in [-0.1, -0.05) is 30.3 Å². The molecular weight excluding hydrogens is 238 g/mol. The lowest BCUT2D eigenvalue weighted by molar-refractivity contribution is 0.111. The van der Waals surface area contributed by atoms with Gasteiger partial charge in [0.1, 0.15) is 5.69 Å². The lowest BCUT2D eigenvalue weighted by Crippen LogP contribution is -1.98. The number of aryl methyl sites for hydroxylation is 1. The number of rotatable bonds is 3. The first-order chi connectivity index (χ1) is 9.28. The van der Waals surface area contributed by atoms with Crippen molar-refractivity contribution in [2.45, 2.75) is 13.3 Å². The molecule has 0 unspecified atom stereocenters. The maximum absolute atomic E-state index is 11.0. The van der Waals surface area contributed by atoms with Gasteiger partial charge in [0.05, 0.1) is 0 Å². The zero-order valence-corrected chi connectivity index (χ0v) is 10.6. The molecule has 3 aromatic rings. The lowest BCUT2D eigenvalue weighted by Gasteiger charge is -2.01. The fraction of sp³-hybridized carbons (Fsp3) is 0.133. The number of aldehydes is 1. The van der Waals surface area contributed by atoms with Crippen molar-refractivity contribution in [2.75, 3.05) is 0 Å². The van der Waals surface area contributed by atoms with E-state index in [0.717, 1.165) is 12.1 Å². The van der Waals surface area contributed by atoms with Crippen LogP contribution in [0, 0.1) is 6.92 Å². The second kappa shape index (κ2) is 4.65. The molecule has 94 valence electrons. The average Bonchev–Trinajstić information content (AvgIpc) is 2.83. The second-order valence-corrected chi connectivity index (χ2v) is 4.47. The normalized spacial score (nSPS) is 10.8. The molecular formula is C15H13N3O. The monoisotopic (exact) mass is 251 g/mol. The second-order valence-electron chi connectivity index (χ2n) is 4.47. The number of aromatic nitrogens is 3. The van der Waals surface area contributed by atoms with Gasteiger partial charge in [0.15, 0.2) is 17.8 Å². The van der Waals surface area contributed by atoms with Gasteiger partial charge in [-0.25, -0.2) is 9.50 Å². The Morgan fingerprint density at radius 1 is 1.16 bits per heavy atom. The van der Waals surface area contributed by atoms with E-state index in [1.165, 1.54) is 11.1 Å². The summed E-state index contributed by atoms with van der Waals surface area (Å²) in [5.41, 5.74) is 3.64. The predicted molar refractivity (Wildman–Crippen MR) is 72.4 cm³/mol. The fourth-order valence-corrected chi connectivity index (χ4v) is 2.11. The SMILES string of the molecule is Cc1ccccc1Cc1nc2cccc(C=O)n2n1. The lowest BCUT2D eigenvalue weighted by atomic mass is 10.1. The van der Waals surface area contributed by atoms with Crippen molar-refractivity contribution in [3.05, 3.63) is 65.1 Å². The molecule has 4 heteroatoms. The van der Waals surface area contributed by atoms with Crippen molar-refractivity contribution >= 4 is 11.9 Å². The first-order valence-corrected chi connectivity index (χ1v) is 6.12. The smallest absolute Gasteiger partial charge is 0.168 e. The molecule has 0 saturated heterocycles. The Bertz CT molecular complexity index is 746. The quantitative estimate of drug-likeness (QED) is 0.672. The van der Waals surface area contributed by atoms with E-state index in [2.05, 4.69) is 29.1 Å². The predicted octanol–water partition coefficient (Wildman–Crippen LogP) is 2.44. The molecule has 2 heterocycles. The molecule has 0 atom stereocenters. The van der Waals surface area contributed by atoms with Crippen LogP contribution in [0.1, 0.15) is 27.4 Å². The van der Waals surface area contributed by atoms with Crippen LogP contribution in [0.5, 0.6) is 0 Å². The van der Waals surface area contributed by atoms with Gasteiger partial charge in [-0.3, -0.25) is 4.79 Å². The Balaban J connectivity index is 2.03. The highest BCUT2D eigenvalue weighted by molar-refractivity contribution is 5.73. The van der Waals surface area contributed by atoms with Crippen LogP contribution in [0.3, 0.4) is 0 Å². The van der Waals surface area contributed by atoms with Crippen LogP contribution in [0.4, 0.5) is 0 Å². The molecule has 2 aromatic heterocycles. The van der Waals surface area contributed by atoms with Gasteiger partial charge >= 0.3 is 0 Å². The van der Waals surface area contributed by atoms with E-state index in [0.29, 0.717) is 17.8 Å². The minimum Gasteiger partial charge on any atom is -0.296 e. The summed E-state index contributed by atoms with van der Waals surface area (Å²) in [5, 5.41) is 4.39. The number of hydrogen-bond donors (Lipinski definition) is 0. The Morgan fingerprint density at radius 2 is 2.00 bits per heavy atom. The zero-order chi connectivity index (χ0) is 13.2. The van der Waals surface area contributed by atoms with Crippen molar-refractivity contribution in [1.29, 1.82) is 0 Å². The maximum atomic E-state index is 11.0. The van der Waals surface area contributed by atoms with Crippen LogP contribution in [0.25, 0.3) is 5.65 Å². The van der Waals surface area contributed by atoms with Crippen LogP contribution in [0.15, 0.2) is 42.5 Å². The number of fused-ring (bicyclic) bond motifs is 1. The van der Waals surface area contributed by atoms with Crippen LogP contribution in [0.2, 0.25) is 0 Å². The summed E-state index contributed by atoms with van der Waals surface area (Å²) in [7, 11) is 0. The molecule has 19 heavy (non-hydrogen) atoms. The summed E-state index contributed by atoms with van der Waals surface area (Å²) in [6.45, 7) is 2.07. The van der Waals surface area contributed by atoms with Crippen LogP contribution < -0.4 is 0 Å². The minimum absolute atomic E-state index is 0.515. The molecule has 0 aliphatic heterocycles. The van der Waals surface area contributed by atoms with Crippen molar-refractivity contribution in [3.63, 3.8) is 0 Å². The summed E-state index contributed by atoms with van der Waals surface area (Å²) in [4.78, 5) is 15.4. The molecule has 0 amide bonds. The van der Waals surface area contributed by atoms with Crippen molar-refractivity contribution < 1.29 is 4.79 Å². The van der Waals surface area contributed by atoms with Crippen LogP contribution in [-0.4, -0.2) is 20.9 Å². The minimum atomic E-state index is 0.515. The van der Waals surface area contributed by atoms with E-state index < -0.39 is 0 Å². The summed E-state index contributed by atoms with van der Waals surface area (Å²) in [5.74, 6) is 0.726. The van der Waals surface area contributed by atoms with Gasteiger partial charge in [-0.05, 0) is 30.2 Å². The number of carbonyl (C=O) groups is 1. The van der Waals surface area contributed by atoms with E-state index in [1.807, 2.05) is 24.3 Å². The van der Waals surface area contributed by atoms with E-state index in [4.69, 9.17) is 0 Å². The largest absolute Gasteiger partial charge is 0.296 e. The number of hydrogen-bond acceptors (Lipinski definition) is 3. The highest BCUT2D eigenvalue weighted by Gasteiger charge is 2.08. The molecule has 0 spiro atoms. The van der Waals surface area contributed by atoms with E-state index in [1.54, 1.807) is 10.6 Å². The van der Waals surface area contributed by atoms with Crippen molar-refractivity contribution in [3.8, 4) is 0 Å². The fourth-order valence-electron chi connectivity index (χ4n) is 2.11. The molecule has 1 aromatic carbocycles. The maximum Gasteiger partial charge on any atom is 0.168 e. The van der Waals surface area contributed by atoms with Gasteiger partial charge in [0.25, 0.3) is 0 Å². The Labute approximate surface area is 110 Å². The molecule has 0 aliphatic carbocycles. The Hall–Kier alpha value is -2.49. The van der Waals surface area contributed by atoms with Gasteiger partial charge in [0, 0.05) is 6.42 Å². The Kier molecular flexibility index (Phi) is 2.83. The zero-order valence-electron chi connectivity index (χ0n) is 10.6. The molecule has 0 radical (unpaired) electrons. The van der Waals surface area contributed by atoms with Crippen LogP contribution >= 0.6 is 0 Å². The van der Waals surface area contributed by atoms with Crippen molar-refractivity contribution in [2.24, 2.45) is 0 Å². The number of nitrogens with zero attached hydrogens (tertiary/aromatic N) is 3. The molecule has 0 N–H and O–H groups in total. The summed E-state index contributed by atoms with van der Waals surface area (Å²) >= 11 is 0. The first kappa shape index (κ1) is 11.6. The third-order valence-corrected chi connectivity index (χ3v) is 3.16. The number of carbonyl (C=O) groups excluding carboxylic acids is 1. The molecule has 0 fully saturated rings. The van der Waals surface area contributed by atoms with Gasteiger partial charge in [0.2, 0.25) is 0 Å². The topological polar surface area (TPSA) is 47.3 Å². The first-order valence-electron chi connectivity index (χ1n) is 6.12. The highest BCUT2D eigenvalue weighted by Crippen LogP contribution is 2.12. The standard InChI is InChI=1S/C15H13N3O/c1-11-5-2-3-6-12(11)9-14-16-15-8-4-7-13(10-19)18(15)17-14/h2-8,10H,9H2,1H3. The molecule has 4 nitrogen and oxygen atoms in total. The molecule has 0 aliphatic rings. The highest BCUT2D eigenvalue weighted by atomic mass is 16.1. The molecule has 0 saturated carbocycles. The summed E-state index contributed by atoms with van der Waals surface area (Å²) < 4.78 is 1.58. The Morgan fingerprint density at radius 3 is 2.79 bits per heavy atom. The van der Waals surface area contributed by atoms with E-state index >= 15 is 0 Å². The number of pyridine rings is 1.